The van der Waals surface area contributed by atoms with Crippen LogP contribution in [0.25, 0.3) is 0 Å². The van der Waals surface area contributed by atoms with Crippen molar-refractivity contribution in [1.82, 2.24) is 15.2 Å². The second-order valence-electron chi connectivity index (χ2n) is 6.21. The largest absolute Gasteiger partial charge is 0.467 e. The maximum atomic E-state index is 12.1. The number of likely N-dealkylation sites (tertiary alicyclic amines) is 1. The van der Waals surface area contributed by atoms with E-state index in [1.807, 2.05) is 0 Å². The van der Waals surface area contributed by atoms with Crippen molar-refractivity contribution in [1.29, 1.82) is 0 Å². The molecule has 1 saturated heterocycles. The molecular formula is C16H21ClF3N3O2. The summed E-state index contributed by atoms with van der Waals surface area (Å²) in [5, 5.41) is 2.66. The summed E-state index contributed by atoms with van der Waals surface area (Å²) in [4.78, 5) is 18.1. The van der Waals surface area contributed by atoms with E-state index in [2.05, 4.69) is 27.0 Å². The number of rotatable bonds is 6. The summed E-state index contributed by atoms with van der Waals surface area (Å²) in [6, 6.07) is 1.26. The van der Waals surface area contributed by atoms with Crippen molar-refractivity contribution in [3.8, 4) is 5.88 Å². The minimum atomic E-state index is -4.48. The summed E-state index contributed by atoms with van der Waals surface area (Å²) >= 11 is 5.83. The van der Waals surface area contributed by atoms with Crippen molar-refractivity contribution < 1.29 is 22.7 Å². The third-order valence-electron chi connectivity index (χ3n) is 4.12. The van der Waals surface area contributed by atoms with Gasteiger partial charge in [-0.1, -0.05) is 11.6 Å². The topological polar surface area (TPSA) is 54.5 Å². The van der Waals surface area contributed by atoms with Crippen LogP contribution >= 0.6 is 11.6 Å². The van der Waals surface area contributed by atoms with E-state index >= 15 is 0 Å². The zero-order valence-electron chi connectivity index (χ0n) is 13.9. The zero-order chi connectivity index (χ0) is 18.4. The van der Waals surface area contributed by atoms with Gasteiger partial charge in [0.25, 0.3) is 5.91 Å². The van der Waals surface area contributed by atoms with Gasteiger partial charge in [0, 0.05) is 12.7 Å². The second-order valence-corrected chi connectivity index (χ2v) is 6.61. The highest BCUT2D eigenvalue weighted by molar-refractivity contribution is 6.32. The van der Waals surface area contributed by atoms with E-state index in [-0.39, 0.29) is 22.4 Å². The summed E-state index contributed by atoms with van der Waals surface area (Å²) in [5.74, 6) is -0.108. The lowest BCUT2D eigenvalue weighted by Gasteiger charge is -2.28. The van der Waals surface area contributed by atoms with Crippen molar-refractivity contribution in [2.24, 2.45) is 5.92 Å². The lowest BCUT2D eigenvalue weighted by Crippen LogP contribution is -2.32. The molecule has 0 unspecified atom stereocenters. The first-order valence-electron chi connectivity index (χ1n) is 8.06. The minimum absolute atomic E-state index is 0.132. The fraction of sp³-hybridized carbons (Fsp3) is 0.625. The van der Waals surface area contributed by atoms with Crippen LogP contribution in [0.3, 0.4) is 0 Å². The number of piperidine rings is 1. The van der Waals surface area contributed by atoms with Gasteiger partial charge in [0.15, 0.2) is 6.61 Å². The third-order valence-corrected chi connectivity index (χ3v) is 4.39. The Balaban J connectivity index is 1.80. The molecule has 0 atom stereocenters. The number of hydrogen-bond acceptors (Lipinski definition) is 4. The summed E-state index contributed by atoms with van der Waals surface area (Å²) in [6.45, 7) is 1.19. The van der Waals surface area contributed by atoms with Gasteiger partial charge in [-0.05, 0) is 51.4 Å². The van der Waals surface area contributed by atoms with E-state index in [9.17, 15) is 18.0 Å². The first-order chi connectivity index (χ1) is 11.7. The van der Waals surface area contributed by atoms with Gasteiger partial charge >= 0.3 is 6.18 Å². The summed E-state index contributed by atoms with van der Waals surface area (Å²) in [7, 11) is 2.09. The number of pyridine rings is 1. The number of amides is 1. The van der Waals surface area contributed by atoms with E-state index < -0.39 is 12.8 Å². The van der Waals surface area contributed by atoms with Crippen molar-refractivity contribution in [2.75, 3.05) is 33.3 Å². The maximum absolute atomic E-state index is 12.1. The number of carbonyl (C=O) groups is 1. The molecule has 1 aliphatic rings. The van der Waals surface area contributed by atoms with Gasteiger partial charge in [-0.2, -0.15) is 13.2 Å². The van der Waals surface area contributed by atoms with Crippen LogP contribution in [-0.4, -0.2) is 55.3 Å². The molecule has 5 nitrogen and oxygen atoms in total. The highest BCUT2D eigenvalue weighted by Gasteiger charge is 2.29. The average Bonchev–Trinajstić information content (AvgIpc) is 2.54. The molecule has 0 aromatic carbocycles. The van der Waals surface area contributed by atoms with Gasteiger partial charge in [0.1, 0.15) is 5.02 Å². The molecule has 1 amide bonds. The van der Waals surface area contributed by atoms with Crippen LogP contribution in [0.5, 0.6) is 5.88 Å². The third kappa shape index (κ3) is 6.70. The Hall–Kier alpha value is -1.54. The Morgan fingerprint density at radius 3 is 2.72 bits per heavy atom. The van der Waals surface area contributed by atoms with E-state index in [0.29, 0.717) is 12.5 Å². The van der Waals surface area contributed by atoms with E-state index in [4.69, 9.17) is 11.6 Å². The summed E-state index contributed by atoms with van der Waals surface area (Å²) < 4.78 is 40.9. The number of nitrogens with zero attached hydrogens (tertiary/aromatic N) is 2. The summed E-state index contributed by atoms with van der Waals surface area (Å²) in [6.07, 6.45) is -0.193. The van der Waals surface area contributed by atoms with E-state index in [1.165, 1.54) is 6.07 Å². The molecule has 1 aromatic heterocycles. The van der Waals surface area contributed by atoms with Gasteiger partial charge in [-0.15, -0.1) is 0 Å². The lowest BCUT2D eigenvalue weighted by molar-refractivity contribution is -0.154. The normalized spacial score (nSPS) is 16.7. The molecule has 1 aromatic rings. The van der Waals surface area contributed by atoms with Gasteiger partial charge in [0.05, 0.1) is 5.56 Å². The Kier molecular flexibility index (Phi) is 6.89. The number of aromatic nitrogens is 1. The van der Waals surface area contributed by atoms with Crippen LogP contribution in [0, 0.1) is 5.92 Å². The Labute approximate surface area is 149 Å². The monoisotopic (exact) mass is 379 g/mol. The van der Waals surface area contributed by atoms with E-state index in [1.54, 1.807) is 0 Å². The molecule has 1 N–H and O–H groups in total. The number of hydrogen-bond donors (Lipinski definition) is 1. The molecule has 25 heavy (non-hydrogen) atoms. The predicted molar refractivity (Wildman–Crippen MR) is 88.0 cm³/mol. The van der Waals surface area contributed by atoms with Gasteiger partial charge in [0.2, 0.25) is 5.88 Å². The molecule has 0 saturated carbocycles. The van der Waals surface area contributed by atoms with Crippen LogP contribution in [0.4, 0.5) is 13.2 Å². The number of alkyl halides is 3. The fourth-order valence-corrected chi connectivity index (χ4v) is 2.87. The molecule has 0 aliphatic carbocycles. The first-order valence-corrected chi connectivity index (χ1v) is 8.44. The highest BCUT2D eigenvalue weighted by Crippen LogP contribution is 2.25. The molecule has 9 heteroatoms. The molecule has 1 aliphatic heterocycles. The van der Waals surface area contributed by atoms with Gasteiger partial charge in [-0.25, -0.2) is 4.98 Å². The molecule has 0 radical (unpaired) electrons. The number of nitrogens with one attached hydrogen (secondary N) is 1. The number of ether oxygens (including phenoxy) is 1. The van der Waals surface area contributed by atoms with Crippen molar-refractivity contribution in [2.45, 2.75) is 25.4 Å². The standard InChI is InChI=1S/C16H21ClF3N3O2/c1-23-6-3-11(4-7-23)2-5-21-14(24)12-8-13(17)15(22-9-12)25-10-16(18,19)20/h8-9,11H,2-7,10H2,1H3,(H,21,24). The van der Waals surface area contributed by atoms with Crippen LogP contribution in [0.1, 0.15) is 29.6 Å². The average molecular weight is 380 g/mol. The molecule has 0 spiro atoms. The van der Waals surface area contributed by atoms with Crippen LogP contribution < -0.4 is 10.1 Å². The quantitative estimate of drug-likeness (QED) is 0.825. The predicted octanol–water partition coefficient (Wildman–Crippen LogP) is 3.14. The van der Waals surface area contributed by atoms with Gasteiger partial charge < -0.3 is 15.0 Å². The highest BCUT2D eigenvalue weighted by atomic mass is 35.5. The van der Waals surface area contributed by atoms with Crippen molar-refractivity contribution in [3.63, 3.8) is 0 Å². The van der Waals surface area contributed by atoms with Gasteiger partial charge in [-0.3, -0.25) is 4.79 Å². The first kappa shape index (κ1) is 19.8. The maximum Gasteiger partial charge on any atom is 0.422 e. The zero-order valence-corrected chi connectivity index (χ0v) is 14.7. The Morgan fingerprint density at radius 1 is 1.44 bits per heavy atom. The fourth-order valence-electron chi connectivity index (χ4n) is 2.65. The number of carbonyl (C=O) groups excluding carboxylic acids is 1. The summed E-state index contributed by atoms with van der Waals surface area (Å²) in [5.41, 5.74) is 0.188. The molecule has 2 rings (SSSR count). The molecule has 2 heterocycles. The smallest absolute Gasteiger partial charge is 0.422 e. The van der Waals surface area contributed by atoms with Crippen LogP contribution in [-0.2, 0) is 0 Å². The molecule has 1 fully saturated rings. The van der Waals surface area contributed by atoms with E-state index in [0.717, 1.165) is 38.5 Å². The van der Waals surface area contributed by atoms with Crippen molar-refractivity contribution >= 4 is 17.5 Å². The molecular weight excluding hydrogens is 359 g/mol. The molecule has 140 valence electrons. The minimum Gasteiger partial charge on any atom is -0.467 e. The second kappa shape index (κ2) is 8.71. The lowest BCUT2D eigenvalue weighted by atomic mass is 9.94. The molecule has 0 bridgehead atoms. The SMILES string of the molecule is CN1CCC(CCNC(=O)c2cnc(OCC(F)(F)F)c(Cl)c2)CC1. The Bertz CT molecular complexity index is 590. The Morgan fingerprint density at radius 2 is 2.12 bits per heavy atom. The number of halogens is 4. The van der Waals surface area contributed by atoms with Crippen molar-refractivity contribution in [3.05, 3.63) is 22.8 Å². The van der Waals surface area contributed by atoms with Crippen LogP contribution in [0.2, 0.25) is 5.02 Å². The van der Waals surface area contributed by atoms with Crippen LogP contribution in [0.15, 0.2) is 12.3 Å².